The number of aryl methyl sites for hydroxylation is 2. The second-order valence-electron chi connectivity index (χ2n) is 4.79. The molecule has 0 aliphatic rings. The largest absolute Gasteiger partial charge is 0.466 e. The third-order valence-corrected chi connectivity index (χ3v) is 3.01. The maximum absolute atomic E-state index is 9.28. The molecule has 0 saturated heterocycles. The molecule has 0 saturated carbocycles. The molecule has 2 atom stereocenters. The van der Waals surface area contributed by atoms with E-state index in [1.54, 1.807) is 0 Å². The van der Waals surface area contributed by atoms with Crippen LogP contribution in [0.1, 0.15) is 43.9 Å². The SMILES string of the molecule is Cc1cc(C(C)N[C@H](CO)C(C)C)c(C)o1. The summed E-state index contributed by atoms with van der Waals surface area (Å²) in [7, 11) is 0. The van der Waals surface area contributed by atoms with Crippen LogP contribution in [0.4, 0.5) is 0 Å². The van der Waals surface area contributed by atoms with Crippen molar-refractivity contribution in [3.8, 4) is 0 Å². The van der Waals surface area contributed by atoms with E-state index in [2.05, 4.69) is 32.2 Å². The molecule has 0 aliphatic carbocycles. The van der Waals surface area contributed by atoms with Gasteiger partial charge in [-0.1, -0.05) is 13.8 Å². The summed E-state index contributed by atoms with van der Waals surface area (Å²) in [6, 6.07) is 2.39. The molecule has 1 aromatic rings. The van der Waals surface area contributed by atoms with Gasteiger partial charge in [0.2, 0.25) is 0 Å². The number of hydrogen-bond acceptors (Lipinski definition) is 3. The van der Waals surface area contributed by atoms with Crippen LogP contribution >= 0.6 is 0 Å². The van der Waals surface area contributed by atoms with Crippen LogP contribution in [-0.2, 0) is 0 Å². The maximum atomic E-state index is 9.28. The summed E-state index contributed by atoms with van der Waals surface area (Å²) < 4.78 is 5.51. The van der Waals surface area contributed by atoms with Gasteiger partial charge >= 0.3 is 0 Å². The number of aliphatic hydroxyl groups excluding tert-OH is 1. The van der Waals surface area contributed by atoms with Crippen LogP contribution in [0.25, 0.3) is 0 Å². The molecule has 1 heterocycles. The molecular formula is C13H23NO2. The first-order chi connectivity index (χ1) is 7.45. The molecule has 1 aromatic heterocycles. The Balaban J connectivity index is 2.71. The molecule has 0 aromatic carbocycles. The molecule has 3 heteroatoms. The number of rotatable bonds is 5. The van der Waals surface area contributed by atoms with E-state index in [4.69, 9.17) is 4.42 Å². The highest BCUT2D eigenvalue weighted by Crippen LogP contribution is 2.22. The summed E-state index contributed by atoms with van der Waals surface area (Å²) in [6.45, 7) is 10.4. The number of hydrogen-bond donors (Lipinski definition) is 2. The minimum atomic E-state index is 0.129. The Kier molecular flexibility index (Phi) is 4.56. The minimum Gasteiger partial charge on any atom is -0.466 e. The van der Waals surface area contributed by atoms with Crippen LogP contribution in [0, 0.1) is 19.8 Å². The Morgan fingerprint density at radius 1 is 1.31 bits per heavy atom. The molecule has 0 radical (unpaired) electrons. The zero-order valence-corrected chi connectivity index (χ0v) is 10.9. The Bertz CT molecular complexity index is 331. The predicted molar refractivity (Wildman–Crippen MR) is 65.4 cm³/mol. The van der Waals surface area contributed by atoms with Crippen molar-refractivity contribution in [3.05, 3.63) is 23.2 Å². The van der Waals surface area contributed by atoms with E-state index in [1.165, 1.54) is 5.56 Å². The standard InChI is InChI=1S/C13H23NO2/c1-8(2)13(7-15)14-10(4)12-6-9(3)16-11(12)5/h6,8,10,13-15H,7H2,1-5H3/t10?,13-/m1/s1. The molecule has 16 heavy (non-hydrogen) atoms. The number of aliphatic hydroxyl groups is 1. The van der Waals surface area contributed by atoms with Crippen molar-refractivity contribution in [2.75, 3.05) is 6.61 Å². The highest BCUT2D eigenvalue weighted by Gasteiger charge is 2.18. The third kappa shape index (κ3) is 3.09. The summed E-state index contributed by atoms with van der Waals surface area (Å²) in [5.41, 5.74) is 1.18. The molecule has 92 valence electrons. The lowest BCUT2D eigenvalue weighted by Gasteiger charge is -2.24. The van der Waals surface area contributed by atoms with E-state index in [0.717, 1.165) is 11.5 Å². The zero-order chi connectivity index (χ0) is 12.3. The van der Waals surface area contributed by atoms with Gasteiger partial charge in [-0.05, 0) is 32.8 Å². The maximum Gasteiger partial charge on any atom is 0.105 e. The van der Waals surface area contributed by atoms with E-state index in [1.807, 2.05) is 13.8 Å². The van der Waals surface area contributed by atoms with Crippen LogP contribution in [0.3, 0.4) is 0 Å². The lowest BCUT2D eigenvalue weighted by Crippen LogP contribution is -2.38. The van der Waals surface area contributed by atoms with Crippen LogP contribution in [0.2, 0.25) is 0 Å². The van der Waals surface area contributed by atoms with Gasteiger partial charge in [-0.15, -0.1) is 0 Å². The Hall–Kier alpha value is -0.800. The van der Waals surface area contributed by atoms with Crippen LogP contribution in [-0.4, -0.2) is 17.8 Å². The summed E-state index contributed by atoms with van der Waals surface area (Å²) in [6.07, 6.45) is 0. The van der Waals surface area contributed by atoms with Gasteiger partial charge in [0.1, 0.15) is 11.5 Å². The lowest BCUT2D eigenvalue weighted by molar-refractivity contribution is 0.201. The molecule has 0 fully saturated rings. The molecule has 0 aliphatic heterocycles. The van der Waals surface area contributed by atoms with E-state index in [0.29, 0.717) is 5.92 Å². The van der Waals surface area contributed by atoms with E-state index in [9.17, 15) is 5.11 Å². The fourth-order valence-corrected chi connectivity index (χ4v) is 1.95. The quantitative estimate of drug-likeness (QED) is 0.809. The van der Waals surface area contributed by atoms with Gasteiger partial charge in [0, 0.05) is 17.6 Å². The summed E-state index contributed by atoms with van der Waals surface area (Å²) >= 11 is 0. The first-order valence-corrected chi connectivity index (χ1v) is 5.89. The first kappa shape index (κ1) is 13.3. The van der Waals surface area contributed by atoms with Crippen LogP contribution in [0.15, 0.2) is 10.5 Å². The van der Waals surface area contributed by atoms with Gasteiger partial charge in [-0.3, -0.25) is 0 Å². The Labute approximate surface area is 97.9 Å². The van der Waals surface area contributed by atoms with Crippen molar-refractivity contribution in [1.82, 2.24) is 5.32 Å². The molecule has 0 spiro atoms. The average Bonchev–Trinajstić information content (AvgIpc) is 2.53. The van der Waals surface area contributed by atoms with Crippen molar-refractivity contribution in [1.29, 1.82) is 0 Å². The van der Waals surface area contributed by atoms with Crippen molar-refractivity contribution >= 4 is 0 Å². The summed E-state index contributed by atoms with van der Waals surface area (Å²) in [5, 5.41) is 12.7. The minimum absolute atomic E-state index is 0.129. The normalized spacial score (nSPS) is 15.4. The smallest absolute Gasteiger partial charge is 0.105 e. The van der Waals surface area contributed by atoms with Gasteiger partial charge in [0.25, 0.3) is 0 Å². The fraction of sp³-hybridized carbons (Fsp3) is 0.692. The first-order valence-electron chi connectivity index (χ1n) is 5.89. The monoisotopic (exact) mass is 225 g/mol. The van der Waals surface area contributed by atoms with Crippen LogP contribution in [0.5, 0.6) is 0 Å². The van der Waals surface area contributed by atoms with Gasteiger partial charge in [0.05, 0.1) is 6.61 Å². The summed E-state index contributed by atoms with van der Waals surface area (Å²) in [5.74, 6) is 2.31. The van der Waals surface area contributed by atoms with Crippen LogP contribution < -0.4 is 5.32 Å². The zero-order valence-electron chi connectivity index (χ0n) is 10.9. The van der Waals surface area contributed by atoms with Gasteiger partial charge < -0.3 is 14.8 Å². The lowest BCUT2D eigenvalue weighted by atomic mass is 10.0. The molecule has 0 amide bonds. The average molecular weight is 225 g/mol. The molecule has 1 unspecified atom stereocenters. The van der Waals surface area contributed by atoms with E-state index < -0.39 is 0 Å². The highest BCUT2D eigenvalue weighted by atomic mass is 16.3. The van der Waals surface area contributed by atoms with Crippen molar-refractivity contribution in [3.63, 3.8) is 0 Å². The topological polar surface area (TPSA) is 45.4 Å². The summed E-state index contributed by atoms with van der Waals surface area (Å²) in [4.78, 5) is 0. The van der Waals surface area contributed by atoms with Gasteiger partial charge in [-0.25, -0.2) is 0 Å². The van der Waals surface area contributed by atoms with E-state index in [-0.39, 0.29) is 18.7 Å². The number of furan rings is 1. The molecule has 2 N–H and O–H groups in total. The van der Waals surface area contributed by atoms with Gasteiger partial charge in [-0.2, -0.15) is 0 Å². The molecule has 3 nitrogen and oxygen atoms in total. The molecular weight excluding hydrogens is 202 g/mol. The van der Waals surface area contributed by atoms with Crippen molar-refractivity contribution < 1.29 is 9.52 Å². The van der Waals surface area contributed by atoms with Gasteiger partial charge in [0.15, 0.2) is 0 Å². The second-order valence-corrected chi connectivity index (χ2v) is 4.79. The highest BCUT2D eigenvalue weighted by molar-refractivity contribution is 5.23. The van der Waals surface area contributed by atoms with Crippen molar-refractivity contribution in [2.45, 2.75) is 46.7 Å². The molecule has 0 bridgehead atoms. The van der Waals surface area contributed by atoms with Crippen molar-refractivity contribution in [2.24, 2.45) is 5.92 Å². The third-order valence-electron chi connectivity index (χ3n) is 3.01. The predicted octanol–water partition coefficient (Wildman–Crippen LogP) is 2.56. The second kappa shape index (κ2) is 5.51. The molecule has 1 rings (SSSR count). The Morgan fingerprint density at radius 2 is 1.94 bits per heavy atom. The fourth-order valence-electron chi connectivity index (χ4n) is 1.95. The Morgan fingerprint density at radius 3 is 2.31 bits per heavy atom. The number of nitrogens with one attached hydrogen (secondary N) is 1. The van der Waals surface area contributed by atoms with E-state index >= 15 is 0 Å².